The van der Waals surface area contributed by atoms with Crippen molar-refractivity contribution in [3.8, 4) is 0 Å². The highest BCUT2D eigenvalue weighted by atomic mass is 16.4. The molecule has 0 bridgehead atoms. The van der Waals surface area contributed by atoms with Crippen LogP contribution in [-0.2, 0) is 60.8 Å². The van der Waals surface area contributed by atoms with Crippen molar-refractivity contribution in [2.45, 2.75) is 114 Å². The molecule has 0 radical (unpaired) electrons. The van der Waals surface area contributed by atoms with Crippen LogP contribution in [0.3, 0.4) is 0 Å². The number of hydrogen-bond donors (Lipinski definition) is 14. The summed E-state index contributed by atoms with van der Waals surface area (Å²) < 4.78 is 0. The van der Waals surface area contributed by atoms with Gasteiger partial charge in [-0.25, -0.2) is 24.0 Å². The number of benzene rings is 1. The van der Waals surface area contributed by atoms with Crippen molar-refractivity contribution >= 4 is 88.2 Å². The molecule has 27 nitrogen and oxygen atoms in total. The van der Waals surface area contributed by atoms with Crippen LogP contribution in [0, 0.1) is 0 Å². The smallest absolute Gasteiger partial charge is 0.326 e. The number of aromatic nitrogens is 3. The minimum Gasteiger partial charge on any atom is -0.481 e. The zero-order chi connectivity index (χ0) is 50.7. The zero-order valence-electron chi connectivity index (χ0n) is 36.2. The van der Waals surface area contributed by atoms with Crippen molar-refractivity contribution in [1.82, 2.24) is 41.5 Å². The van der Waals surface area contributed by atoms with Gasteiger partial charge in [0.15, 0.2) is 0 Å². The van der Waals surface area contributed by atoms with Crippen LogP contribution in [0.2, 0.25) is 0 Å². The van der Waals surface area contributed by atoms with Gasteiger partial charge in [0.1, 0.15) is 41.7 Å². The molecule has 0 aliphatic carbocycles. The number of nitrogens with zero attached hydrogens (tertiary/aromatic N) is 2. The third-order valence-electron chi connectivity index (χ3n) is 10.2. The second-order valence-corrected chi connectivity index (χ2v) is 15.3. The molecule has 68 heavy (non-hydrogen) atoms. The molecule has 1 aromatic carbocycles. The van der Waals surface area contributed by atoms with E-state index in [1.807, 2.05) is 0 Å². The van der Waals surface area contributed by atoms with Crippen LogP contribution in [0.1, 0.15) is 92.1 Å². The first-order chi connectivity index (χ1) is 32.0. The number of rotatable bonds is 30. The Kier molecular flexibility index (Phi) is 20.6. The molecule has 2 aromatic heterocycles. The number of hydrogen-bond acceptors (Lipinski definition) is 15. The number of H-pyrrole nitrogens is 1. The molecule has 0 spiro atoms. The Labute approximate surface area is 384 Å². The summed E-state index contributed by atoms with van der Waals surface area (Å²) in [5.41, 5.74) is 14.1. The highest BCUT2D eigenvalue weighted by Gasteiger charge is 2.28. The van der Waals surface area contributed by atoms with Crippen LogP contribution < -0.4 is 38.1 Å². The molecule has 16 N–H and O–H groups in total. The maximum absolute atomic E-state index is 12.9. The third kappa shape index (κ3) is 17.9. The lowest BCUT2D eigenvalue weighted by molar-refractivity contribution is -0.144. The van der Waals surface area contributed by atoms with E-state index in [9.17, 15) is 78.3 Å². The van der Waals surface area contributed by atoms with E-state index in [1.54, 1.807) is 18.3 Å². The summed E-state index contributed by atoms with van der Waals surface area (Å²) in [6, 6.07) is -1.82. The summed E-state index contributed by atoms with van der Waals surface area (Å²) in [7, 11) is 0. The molecular weight excluding hydrogens is 905 g/mol. The third-order valence-corrected chi connectivity index (χ3v) is 10.2. The van der Waals surface area contributed by atoms with Gasteiger partial charge in [0.25, 0.3) is 5.91 Å². The lowest BCUT2D eigenvalue weighted by atomic mass is 10.0. The first-order valence-electron chi connectivity index (χ1n) is 20.9. The Balaban J connectivity index is 1.43. The van der Waals surface area contributed by atoms with E-state index in [0.29, 0.717) is 30.3 Å². The van der Waals surface area contributed by atoms with Gasteiger partial charge >= 0.3 is 35.8 Å². The van der Waals surface area contributed by atoms with Crippen LogP contribution in [0.25, 0.3) is 11.0 Å². The molecule has 0 unspecified atom stereocenters. The number of nitrogen functional groups attached to an aromatic ring is 2. The molecule has 27 heteroatoms. The van der Waals surface area contributed by atoms with Crippen LogP contribution in [-0.4, -0.2) is 141 Å². The largest absolute Gasteiger partial charge is 0.481 e. The molecule has 3 aromatic rings. The predicted octanol–water partition coefficient (Wildman–Crippen LogP) is -1.26. The molecule has 2 heterocycles. The Morgan fingerprint density at radius 3 is 1.28 bits per heavy atom. The maximum atomic E-state index is 12.9. The summed E-state index contributed by atoms with van der Waals surface area (Å²) in [4.78, 5) is 143. The number of fused-ring (bicyclic) bond motifs is 1. The van der Waals surface area contributed by atoms with Gasteiger partial charge in [0.05, 0.1) is 5.39 Å². The van der Waals surface area contributed by atoms with Crippen LogP contribution in [0.4, 0.5) is 11.8 Å². The van der Waals surface area contributed by atoms with E-state index < -0.39 is 160 Å². The molecule has 5 atom stereocenters. The molecule has 0 saturated carbocycles. The molecule has 0 fully saturated rings. The number of carbonyl (C=O) groups is 11. The second kappa shape index (κ2) is 25.9. The van der Waals surface area contributed by atoms with Gasteiger partial charge < -0.3 is 73.7 Å². The number of anilines is 2. The van der Waals surface area contributed by atoms with Crippen molar-refractivity contribution < 1.29 is 83.4 Å². The average molecular weight is 957 g/mol. The van der Waals surface area contributed by atoms with Crippen molar-refractivity contribution in [1.29, 1.82) is 0 Å². The van der Waals surface area contributed by atoms with Gasteiger partial charge in [-0.1, -0.05) is 12.1 Å². The van der Waals surface area contributed by atoms with Gasteiger partial charge in [0, 0.05) is 43.9 Å². The van der Waals surface area contributed by atoms with Crippen LogP contribution in [0.15, 0.2) is 30.5 Å². The molecule has 3 rings (SSSR count). The first kappa shape index (κ1) is 53.9. The van der Waals surface area contributed by atoms with Crippen molar-refractivity contribution in [3.05, 3.63) is 47.2 Å². The molecule has 0 aliphatic rings. The average Bonchev–Trinajstić information content (AvgIpc) is 3.67. The number of aliphatic carboxylic acids is 6. The Morgan fingerprint density at radius 1 is 0.515 bits per heavy atom. The van der Waals surface area contributed by atoms with E-state index in [4.69, 9.17) is 16.6 Å². The topological polar surface area (TPSA) is 463 Å². The standard InChI is InChI=1S/C41H52N10O17/c42-33-32-21(18-44-34(32)51-41(43)50-33)3-1-2-19-4-6-20(7-5-19)35(58)49-26(40(67)68)11-16-30(55)47-24(38(63)64)9-14-28(53)45-22(36(59)60)8-13-27(52)46-23(37(61)62)10-15-29(54)48-25(39(65)66)12-17-31(56)57/h4-7,18,22-26H,1-3,8-17H2,(H,45,53)(H,46,52)(H,47,55)(H,48,54)(H,49,58)(H,56,57)(H,59,60)(H,61,62)(H,63,64)(H,65,66)(H,67,68)(H5,42,43,44,50,51)/t22-,23-,24-,25-,26-/m0/s1. The van der Waals surface area contributed by atoms with Gasteiger partial charge in [-0.2, -0.15) is 9.97 Å². The number of nitrogens with one attached hydrogen (secondary N) is 6. The fraction of sp³-hybridized carbons (Fsp3) is 0.439. The Morgan fingerprint density at radius 2 is 0.897 bits per heavy atom. The predicted molar refractivity (Wildman–Crippen MR) is 232 cm³/mol. The molecule has 0 saturated heterocycles. The fourth-order valence-electron chi connectivity index (χ4n) is 6.61. The Hall–Kier alpha value is -8.39. The summed E-state index contributed by atoms with van der Waals surface area (Å²) in [6.45, 7) is 0. The van der Waals surface area contributed by atoms with E-state index in [0.717, 1.165) is 11.1 Å². The van der Waals surface area contributed by atoms with E-state index in [-0.39, 0.29) is 17.3 Å². The number of carboxylic acids is 6. The van der Waals surface area contributed by atoms with E-state index >= 15 is 0 Å². The number of carbonyl (C=O) groups excluding carboxylic acids is 5. The van der Waals surface area contributed by atoms with Gasteiger partial charge in [0.2, 0.25) is 29.6 Å². The lowest BCUT2D eigenvalue weighted by Crippen LogP contribution is -2.46. The molecule has 368 valence electrons. The number of amides is 5. The number of aryl methyl sites for hydroxylation is 2. The van der Waals surface area contributed by atoms with Crippen LogP contribution >= 0.6 is 0 Å². The normalized spacial score (nSPS) is 13.1. The zero-order valence-corrected chi connectivity index (χ0v) is 36.2. The highest BCUT2D eigenvalue weighted by molar-refractivity contribution is 5.97. The first-order valence-corrected chi connectivity index (χ1v) is 20.9. The number of carboxylic acid groups (broad SMARTS) is 6. The van der Waals surface area contributed by atoms with Gasteiger partial charge in [-0.15, -0.1) is 0 Å². The van der Waals surface area contributed by atoms with Gasteiger partial charge in [-0.05, 0) is 74.6 Å². The summed E-state index contributed by atoms with van der Waals surface area (Å²) in [5.74, 6) is -13.4. The quantitative estimate of drug-likeness (QED) is 0.0371. The number of nitrogens with two attached hydrogens (primary N) is 2. The van der Waals surface area contributed by atoms with E-state index in [2.05, 4.69) is 41.5 Å². The van der Waals surface area contributed by atoms with Crippen molar-refractivity contribution in [3.63, 3.8) is 0 Å². The summed E-state index contributed by atoms with van der Waals surface area (Å²) in [6.07, 6.45) is -1.87. The second-order valence-electron chi connectivity index (χ2n) is 15.3. The molecule has 0 aliphatic heterocycles. The number of aromatic amines is 1. The monoisotopic (exact) mass is 956 g/mol. The summed E-state index contributed by atoms with van der Waals surface area (Å²) >= 11 is 0. The summed E-state index contributed by atoms with van der Waals surface area (Å²) in [5, 5.41) is 67.7. The minimum atomic E-state index is -1.72. The van der Waals surface area contributed by atoms with Crippen molar-refractivity contribution in [2.24, 2.45) is 0 Å². The maximum Gasteiger partial charge on any atom is 0.326 e. The fourth-order valence-corrected chi connectivity index (χ4v) is 6.61. The molecular formula is C41H52N10O17. The SMILES string of the molecule is Nc1nc(N)c2c(CCCc3ccc(C(=O)N[C@@H](CCC(=O)N[C@@H](CCC(=O)N[C@@H](CCC(=O)N[C@@H](CCC(=O)N[C@@H](CCC(=O)O)C(=O)O)C(=O)O)C(=O)O)C(=O)O)C(=O)O)cc3)c[nH]c2n1. The Bertz CT molecular complexity index is 2370. The van der Waals surface area contributed by atoms with E-state index in [1.165, 1.54) is 12.1 Å². The molecule has 5 amide bonds. The van der Waals surface area contributed by atoms with Gasteiger partial charge in [-0.3, -0.25) is 28.8 Å². The highest BCUT2D eigenvalue weighted by Crippen LogP contribution is 2.24. The van der Waals surface area contributed by atoms with Crippen LogP contribution in [0.5, 0.6) is 0 Å². The minimum absolute atomic E-state index is 0.0489. The van der Waals surface area contributed by atoms with Crippen molar-refractivity contribution in [2.75, 3.05) is 11.5 Å². The lowest BCUT2D eigenvalue weighted by Gasteiger charge is -2.19.